The zero-order valence-electron chi connectivity index (χ0n) is 19.8. The summed E-state index contributed by atoms with van der Waals surface area (Å²) in [5.41, 5.74) is 2.83. The highest BCUT2D eigenvalue weighted by Gasteiger charge is 2.39. The summed E-state index contributed by atoms with van der Waals surface area (Å²) in [5.74, 6) is 0. The highest BCUT2D eigenvalue weighted by atomic mass is 35.5. The van der Waals surface area contributed by atoms with Gasteiger partial charge in [-0.05, 0) is 81.7 Å². The van der Waals surface area contributed by atoms with Gasteiger partial charge >= 0.3 is 12.1 Å². The van der Waals surface area contributed by atoms with Crippen LogP contribution >= 0.6 is 11.6 Å². The maximum Gasteiger partial charge on any atom is 0.410 e. The maximum atomic E-state index is 13.4. The second kappa shape index (κ2) is 8.66. The summed E-state index contributed by atoms with van der Waals surface area (Å²) in [5, 5.41) is 0.685. The molecule has 1 aromatic rings. The summed E-state index contributed by atoms with van der Waals surface area (Å²) in [7, 11) is 0. The number of nitrogens with zero attached hydrogens (tertiary/aromatic N) is 3. The van der Waals surface area contributed by atoms with Gasteiger partial charge < -0.3 is 24.2 Å². The topological polar surface area (TPSA) is 62.3 Å². The summed E-state index contributed by atoms with van der Waals surface area (Å²) in [6, 6.07) is 4.01. The number of hydrogen-bond donors (Lipinski definition) is 0. The molecule has 8 heteroatoms. The van der Waals surface area contributed by atoms with Crippen LogP contribution < -0.4 is 0 Å². The van der Waals surface area contributed by atoms with Crippen molar-refractivity contribution < 1.29 is 19.1 Å². The predicted molar refractivity (Wildman–Crippen MR) is 125 cm³/mol. The van der Waals surface area contributed by atoms with Crippen LogP contribution in [0.25, 0.3) is 0 Å². The van der Waals surface area contributed by atoms with Crippen molar-refractivity contribution in [2.75, 3.05) is 26.2 Å². The van der Waals surface area contributed by atoms with Crippen molar-refractivity contribution in [2.24, 2.45) is 0 Å². The molecule has 3 amide bonds. The Morgan fingerprint density at radius 2 is 1.79 bits per heavy atom. The van der Waals surface area contributed by atoms with Crippen LogP contribution in [0.2, 0.25) is 5.02 Å². The van der Waals surface area contributed by atoms with Crippen molar-refractivity contribution in [1.82, 2.24) is 14.7 Å². The second-order valence-corrected chi connectivity index (χ2v) is 11.2. The Hall–Kier alpha value is -1.99. The van der Waals surface area contributed by atoms with Crippen LogP contribution in [0.5, 0.6) is 0 Å². The van der Waals surface area contributed by atoms with Crippen LogP contribution in [0.15, 0.2) is 12.1 Å². The molecule has 0 spiro atoms. The molecule has 0 N–H and O–H groups in total. The third kappa shape index (κ3) is 4.67. The fourth-order valence-corrected chi connectivity index (χ4v) is 5.97. The lowest BCUT2D eigenvalue weighted by atomic mass is 9.90. The summed E-state index contributed by atoms with van der Waals surface area (Å²) < 4.78 is 11.6. The third-order valence-electron chi connectivity index (χ3n) is 7.17. The zero-order chi connectivity index (χ0) is 23.3. The van der Waals surface area contributed by atoms with E-state index in [-0.39, 0.29) is 30.4 Å². The van der Waals surface area contributed by atoms with Gasteiger partial charge in [0.2, 0.25) is 0 Å². The highest BCUT2D eigenvalue weighted by molar-refractivity contribution is 6.30. The molecule has 5 rings (SSSR count). The van der Waals surface area contributed by atoms with Crippen molar-refractivity contribution in [3.05, 3.63) is 33.8 Å². The van der Waals surface area contributed by atoms with Gasteiger partial charge in [-0.2, -0.15) is 0 Å². The van der Waals surface area contributed by atoms with Crippen LogP contribution in [0, 0.1) is 0 Å². The minimum atomic E-state index is -0.543. The largest absolute Gasteiger partial charge is 0.444 e. The molecule has 0 aromatic heterocycles. The number of ether oxygens (including phenoxy) is 2. The second-order valence-electron chi connectivity index (χ2n) is 10.8. The van der Waals surface area contributed by atoms with Gasteiger partial charge in [0.15, 0.2) is 0 Å². The first-order valence-corrected chi connectivity index (χ1v) is 12.6. The normalized spacial score (nSPS) is 27.0. The average molecular weight is 476 g/mol. The Labute approximate surface area is 200 Å². The minimum Gasteiger partial charge on any atom is -0.444 e. The molecule has 2 unspecified atom stereocenters. The van der Waals surface area contributed by atoms with E-state index in [4.69, 9.17) is 21.1 Å². The summed E-state index contributed by atoms with van der Waals surface area (Å²) in [4.78, 5) is 32.1. The summed E-state index contributed by atoms with van der Waals surface area (Å²) in [6.45, 7) is 8.92. The van der Waals surface area contributed by atoms with Crippen LogP contribution in [0.3, 0.4) is 0 Å². The molecule has 4 heterocycles. The zero-order valence-corrected chi connectivity index (χ0v) is 20.6. The Balaban J connectivity index is 1.38. The third-order valence-corrected chi connectivity index (χ3v) is 7.38. The quantitative estimate of drug-likeness (QED) is 0.587. The van der Waals surface area contributed by atoms with Crippen molar-refractivity contribution in [3.8, 4) is 0 Å². The molecule has 3 saturated heterocycles. The first-order chi connectivity index (χ1) is 15.7. The van der Waals surface area contributed by atoms with Gasteiger partial charge in [0.25, 0.3) is 0 Å². The van der Waals surface area contributed by atoms with Gasteiger partial charge in [-0.1, -0.05) is 11.6 Å². The van der Waals surface area contributed by atoms with E-state index in [1.165, 1.54) is 5.56 Å². The van der Waals surface area contributed by atoms with Gasteiger partial charge in [-0.15, -0.1) is 0 Å². The van der Waals surface area contributed by atoms with Crippen LogP contribution in [0.4, 0.5) is 9.59 Å². The van der Waals surface area contributed by atoms with E-state index in [0.29, 0.717) is 37.7 Å². The minimum absolute atomic E-state index is 0.0819. The van der Waals surface area contributed by atoms with Gasteiger partial charge in [0.1, 0.15) is 5.60 Å². The Morgan fingerprint density at radius 1 is 1.06 bits per heavy atom. The monoisotopic (exact) mass is 475 g/mol. The molecule has 1 aromatic carbocycles. The van der Waals surface area contributed by atoms with Crippen molar-refractivity contribution >= 4 is 23.7 Å². The van der Waals surface area contributed by atoms with Crippen molar-refractivity contribution in [1.29, 1.82) is 0 Å². The predicted octanol–water partition coefficient (Wildman–Crippen LogP) is 4.75. The highest BCUT2D eigenvalue weighted by Crippen LogP contribution is 2.39. The molecular weight excluding hydrogens is 442 g/mol. The molecule has 180 valence electrons. The van der Waals surface area contributed by atoms with E-state index in [0.717, 1.165) is 43.2 Å². The van der Waals surface area contributed by atoms with Gasteiger partial charge in [-0.25, -0.2) is 9.59 Å². The lowest BCUT2D eigenvalue weighted by molar-refractivity contribution is -0.0291. The fourth-order valence-electron chi connectivity index (χ4n) is 5.72. The van der Waals surface area contributed by atoms with E-state index >= 15 is 0 Å². The number of benzene rings is 1. The van der Waals surface area contributed by atoms with Gasteiger partial charge in [0.05, 0.1) is 18.2 Å². The lowest BCUT2D eigenvalue weighted by Crippen LogP contribution is -2.52. The number of hydrogen-bond acceptors (Lipinski definition) is 4. The van der Waals surface area contributed by atoms with Crippen molar-refractivity contribution in [2.45, 2.75) is 83.3 Å². The summed E-state index contributed by atoms with van der Waals surface area (Å²) >= 11 is 6.52. The van der Waals surface area contributed by atoms with Crippen LogP contribution in [-0.2, 0) is 22.4 Å². The number of fused-ring (bicyclic) bond motifs is 3. The number of urea groups is 1. The number of rotatable bonds is 1. The molecule has 33 heavy (non-hydrogen) atoms. The Bertz CT molecular complexity index is 934. The van der Waals surface area contributed by atoms with Gasteiger partial charge in [-0.3, -0.25) is 0 Å². The van der Waals surface area contributed by atoms with E-state index in [2.05, 4.69) is 0 Å². The Kier molecular flexibility index (Phi) is 5.98. The van der Waals surface area contributed by atoms with Crippen LogP contribution in [0.1, 0.15) is 69.2 Å². The smallest absolute Gasteiger partial charge is 0.410 e. The molecule has 4 aliphatic rings. The van der Waals surface area contributed by atoms with Crippen LogP contribution in [-0.4, -0.2) is 70.8 Å². The molecule has 0 saturated carbocycles. The number of morpholine rings is 1. The number of halogens is 1. The first kappa shape index (κ1) is 22.8. The molecule has 7 nitrogen and oxygen atoms in total. The van der Waals surface area contributed by atoms with E-state index < -0.39 is 5.60 Å². The molecule has 0 aliphatic carbocycles. The van der Waals surface area contributed by atoms with Gasteiger partial charge in [0, 0.05) is 37.7 Å². The number of carbonyl (C=O) groups is 2. The average Bonchev–Trinajstić information content (AvgIpc) is 3.37. The summed E-state index contributed by atoms with van der Waals surface area (Å²) in [6.07, 6.45) is 4.72. The molecule has 3 atom stereocenters. The first-order valence-electron chi connectivity index (χ1n) is 12.2. The maximum absolute atomic E-state index is 13.4. The Morgan fingerprint density at radius 3 is 2.48 bits per heavy atom. The molecule has 3 fully saturated rings. The molecule has 0 radical (unpaired) electrons. The number of amides is 3. The SMILES string of the molecule is CC(C)(C)OC(=O)N1CCC[C@H]1c1cc(Cl)cc2c1CN(C(=O)N1CC3CCC(C1)O3)CC2. The molecular formula is C25H34ClN3O4. The molecule has 4 aliphatic heterocycles. The number of carbonyl (C=O) groups excluding carboxylic acids is 2. The standard InChI is InChI=1S/C25H34ClN3O4/c1-25(2,3)33-24(31)29-9-4-5-22(29)20-12-17(26)11-16-8-10-27(15-21(16)20)23(30)28-13-18-6-7-19(14-28)32-18/h11-12,18-19,22H,4-10,13-15H2,1-3H3/t18?,19?,22-/m0/s1. The van der Waals surface area contributed by atoms with E-state index in [1.807, 2.05) is 47.6 Å². The molecule has 2 bridgehead atoms. The van der Waals surface area contributed by atoms with E-state index in [1.54, 1.807) is 0 Å². The van der Waals surface area contributed by atoms with Crippen molar-refractivity contribution in [3.63, 3.8) is 0 Å². The number of likely N-dealkylation sites (tertiary alicyclic amines) is 2. The lowest BCUT2D eigenvalue weighted by Gasteiger charge is -2.39. The fraction of sp³-hybridized carbons (Fsp3) is 0.680. The van der Waals surface area contributed by atoms with E-state index in [9.17, 15) is 9.59 Å².